The Labute approximate surface area is 135 Å². The summed E-state index contributed by atoms with van der Waals surface area (Å²) in [4.78, 5) is 4.48. The Morgan fingerprint density at radius 2 is 1.77 bits per heavy atom. The van der Waals surface area contributed by atoms with Gasteiger partial charge in [-0.15, -0.1) is 0 Å². The lowest BCUT2D eigenvalue weighted by molar-refractivity contribution is 0.739. The molecule has 3 rings (SSSR count). The van der Waals surface area contributed by atoms with Gasteiger partial charge in [-0.1, -0.05) is 48.0 Å². The molecule has 0 saturated heterocycles. The van der Waals surface area contributed by atoms with Gasteiger partial charge in [0.1, 0.15) is 5.82 Å². The van der Waals surface area contributed by atoms with Gasteiger partial charge in [-0.25, -0.2) is 4.98 Å². The van der Waals surface area contributed by atoms with Crippen molar-refractivity contribution in [3.05, 3.63) is 88.5 Å². The molecule has 0 fully saturated rings. The molecule has 0 aliphatic carbocycles. The average molecular weight is 312 g/mol. The van der Waals surface area contributed by atoms with Crippen LogP contribution in [0.25, 0.3) is 0 Å². The predicted octanol–water partition coefficient (Wildman–Crippen LogP) is 3.63. The minimum atomic E-state index is 0.565. The molecule has 1 aromatic heterocycles. The van der Waals surface area contributed by atoms with Crippen molar-refractivity contribution in [2.24, 2.45) is 5.73 Å². The smallest absolute Gasteiger partial charge is 0.113 e. The molecule has 0 unspecified atom stereocenters. The van der Waals surface area contributed by atoms with Crippen LogP contribution in [0.5, 0.6) is 0 Å². The van der Waals surface area contributed by atoms with Gasteiger partial charge in [-0.2, -0.15) is 0 Å². The van der Waals surface area contributed by atoms with Crippen LogP contribution in [0.3, 0.4) is 0 Å². The molecule has 0 spiro atoms. The highest BCUT2D eigenvalue weighted by Crippen LogP contribution is 2.14. The molecule has 4 heteroatoms. The van der Waals surface area contributed by atoms with E-state index in [0.717, 1.165) is 29.4 Å². The van der Waals surface area contributed by atoms with Gasteiger partial charge in [-0.05, 0) is 28.8 Å². The third-order valence-electron chi connectivity index (χ3n) is 3.66. The molecule has 0 bridgehead atoms. The van der Waals surface area contributed by atoms with Gasteiger partial charge in [0, 0.05) is 36.9 Å². The molecule has 112 valence electrons. The van der Waals surface area contributed by atoms with Crippen LogP contribution in [-0.2, 0) is 19.5 Å². The first-order valence-corrected chi connectivity index (χ1v) is 7.65. The number of nitrogens with zero attached hydrogens (tertiary/aromatic N) is 2. The number of nitrogens with two attached hydrogens (primary N) is 1. The van der Waals surface area contributed by atoms with E-state index in [1.165, 1.54) is 11.1 Å². The Kier molecular flexibility index (Phi) is 4.56. The summed E-state index contributed by atoms with van der Waals surface area (Å²) in [6.07, 6.45) is 4.65. The minimum Gasteiger partial charge on any atom is -0.330 e. The zero-order valence-corrected chi connectivity index (χ0v) is 13.0. The van der Waals surface area contributed by atoms with Gasteiger partial charge in [-0.3, -0.25) is 0 Å². The van der Waals surface area contributed by atoms with Gasteiger partial charge in [0.2, 0.25) is 0 Å². The Morgan fingerprint density at radius 3 is 2.55 bits per heavy atom. The van der Waals surface area contributed by atoms with Crippen LogP contribution in [-0.4, -0.2) is 9.55 Å². The maximum absolute atomic E-state index is 5.93. The fourth-order valence-electron chi connectivity index (χ4n) is 2.49. The molecule has 0 radical (unpaired) electrons. The third kappa shape index (κ3) is 3.56. The van der Waals surface area contributed by atoms with Crippen molar-refractivity contribution in [1.29, 1.82) is 0 Å². The summed E-state index contributed by atoms with van der Waals surface area (Å²) in [6, 6.07) is 16.3. The summed E-state index contributed by atoms with van der Waals surface area (Å²) in [6.45, 7) is 1.37. The summed E-state index contributed by atoms with van der Waals surface area (Å²) in [5.74, 6) is 1.04. The molecule has 3 aromatic rings. The monoisotopic (exact) mass is 311 g/mol. The molecule has 0 saturated carbocycles. The molecule has 1 heterocycles. The van der Waals surface area contributed by atoms with Crippen molar-refractivity contribution < 1.29 is 0 Å². The summed E-state index contributed by atoms with van der Waals surface area (Å²) >= 11 is 5.93. The van der Waals surface area contributed by atoms with E-state index in [2.05, 4.69) is 21.7 Å². The van der Waals surface area contributed by atoms with Crippen LogP contribution in [0, 0.1) is 0 Å². The van der Waals surface area contributed by atoms with Crippen LogP contribution in [0.15, 0.2) is 60.9 Å². The Bertz CT molecular complexity index is 747. The molecule has 0 aliphatic rings. The van der Waals surface area contributed by atoms with E-state index in [-0.39, 0.29) is 0 Å². The molecule has 0 amide bonds. The predicted molar refractivity (Wildman–Crippen MR) is 89.9 cm³/mol. The second-order valence-corrected chi connectivity index (χ2v) is 5.74. The highest BCUT2D eigenvalue weighted by molar-refractivity contribution is 6.30. The van der Waals surface area contributed by atoms with Crippen molar-refractivity contribution in [1.82, 2.24) is 9.55 Å². The van der Waals surface area contributed by atoms with E-state index in [4.69, 9.17) is 17.3 Å². The first-order valence-electron chi connectivity index (χ1n) is 7.27. The molecule has 22 heavy (non-hydrogen) atoms. The molecular formula is C18H18ClN3. The second kappa shape index (κ2) is 6.77. The lowest BCUT2D eigenvalue weighted by Gasteiger charge is -2.09. The minimum absolute atomic E-state index is 0.565. The van der Waals surface area contributed by atoms with Crippen LogP contribution in [0.4, 0.5) is 0 Å². The molecule has 2 N–H and O–H groups in total. The first kappa shape index (κ1) is 14.8. The van der Waals surface area contributed by atoms with Gasteiger partial charge in [0.15, 0.2) is 0 Å². The number of aromatic nitrogens is 2. The van der Waals surface area contributed by atoms with E-state index >= 15 is 0 Å². The normalized spacial score (nSPS) is 10.8. The first-order chi connectivity index (χ1) is 10.7. The molecule has 0 atom stereocenters. The van der Waals surface area contributed by atoms with Crippen LogP contribution < -0.4 is 5.73 Å². The van der Waals surface area contributed by atoms with E-state index in [1.54, 1.807) is 0 Å². The zero-order valence-electron chi connectivity index (χ0n) is 12.2. The Hall–Kier alpha value is -2.10. The topological polar surface area (TPSA) is 43.8 Å². The van der Waals surface area contributed by atoms with Gasteiger partial charge < -0.3 is 10.3 Å². The highest BCUT2D eigenvalue weighted by Gasteiger charge is 2.05. The van der Waals surface area contributed by atoms with E-state index < -0.39 is 0 Å². The summed E-state index contributed by atoms with van der Waals surface area (Å²) < 4.78 is 2.17. The van der Waals surface area contributed by atoms with Crippen LogP contribution in [0.2, 0.25) is 5.02 Å². The maximum Gasteiger partial charge on any atom is 0.113 e. The zero-order chi connectivity index (χ0) is 15.4. The lowest BCUT2D eigenvalue weighted by atomic mass is 10.1. The second-order valence-electron chi connectivity index (χ2n) is 5.30. The van der Waals surface area contributed by atoms with Gasteiger partial charge in [0.25, 0.3) is 0 Å². The van der Waals surface area contributed by atoms with Crippen molar-refractivity contribution in [3.8, 4) is 0 Å². The van der Waals surface area contributed by atoms with Gasteiger partial charge in [0.05, 0.1) is 0 Å². The summed E-state index contributed by atoms with van der Waals surface area (Å²) in [7, 11) is 0. The highest BCUT2D eigenvalue weighted by atomic mass is 35.5. The largest absolute Gasteiger partial charge is 0.330 e. The number of imidazole rings is 1. The Morgan fingerprint density at radius 1 is 1.00 bits per heavy atom. The van der Waals surface area contributed by atoms with E-state index in [1.807, 2.05) is 48.8 Å². The quantitative estimate of drug-likeness (QED) is 0.782. The number of benzene rings is 2. The standard InChI is InChI=1S/C18H18ClN3/c19-17-6-4-14(5-7-17)11-18-21-8-9-22(18)13-16-3-1-2-15(10-16)12-20/h1-10H,11-13,20H2. The fraction of sp³-hybridized carbons (Fsp3) is 0.167. The van der Waals surface area contributed by atoms with Crippen molar-refractivity contribution in [2.75, 3.05) is 0 Å². The van der Waals surface area contributed by atoms with Gasteiger partial charge >= 0.3 is 0 Å². The fourth-order valence-corrected chi connectivity index (χ4v) is 2.61. The molecule has 2 aromatic carbocycles. The Balaban J connectivity index is 1.78. The SMILES string of the molecule is NCc1cccc(Cn2ccnc2Cc2ccc(Cl)cc2)c1. The summed E-state index contributed by atoms with van der Waals surface area (Å²) in [5.41, 5.74) is 9.29. The van der Waals surface area contributed by atoms with Crippen LogP contribution >= 0.6 is 11.6 Å². The number of hydrogen-bond donors (Lipinski definition) is 1. The van der Waals surface area contributed by atoms with E-state index in [9.17, 15) is 0 Å². The lowest BCUT2D eigenvalue weighted by Crippen LogP contribution is -2.06. The number of halogens is 1. The average Bonchev–Trinajstić information content (AvgIpc) is 2.97. The molecular weight excluding hydrogens is 294 g/mol. The van der Waals surface area contributed by atoms with Crippen molar-refractivity contribution in [3.63, 3.8) is 0 Å². The van der Waals surface area contributed by atoms with Crippen molar-refractivity contribution >= 4 is 11.6 Å². The maximum atomic E-state index is 5.93. The van der Waals surface area contributed by atoms with E-state index in [0.29, 0.717) is 6.54 Å². The summed E-state index contributed by atoms with van der Waals surface area (Å²) in [5, 5.41) is 0.755. The molecule has 3 nitrogen and oxygen atoms in total. The molecule has 0 aliphatic heterocycles. The van der Waals surface area contributed by atoms with Crippen molar-refractivity contribution in [2.45, 2.75) is 19.5 Å². The number of hydrogen-bond acceptors (Lipinski definition) is 2. The number of rotatable bonds is 5. The van der Waals surface area contributed by atoms with Crippen LogP contribution in [0.1, 0.15) is 22.5 Å². The third-order valence-corrected chi connectivity index (χ3v) is 3.91.